The van der Waals surface area contributed by atoms with Crippen molar-refractivity contribution >= 4 is 17.7 Å². The van der Waals surface area contributed by atoms with Crippen molar-refractivity contribution in [3.05, 3.63) is 0 Å². The quantitative estimate of drug-likeness (QED) is 0.400. The van der Waals surface area contributed by atoms with Crippen LogP contribution in [0, 0.1) is 5.92 Å². The molecular weight excluding hydrogens is 282 g/mol. The second-order valence-electron chi connectivity index (χ2n) is 5.68. The molecule has 0 N–H and O–H groups in total. The third-order valence-corrected chi connectivity index (χ3v) is 4.08. The molecule has 0 aromatic rings. The van der Waals surface area contributed by atoms with Crippen LogP contribution >= 0.6 is 11.8 Å². The van der Waals surface area contributed by atoms with Crippen molar-refractivity contribution in [3.8, 4) is 0 Å². The Kier molecular flexibility index (Phi) is 10.2. The van der Waals surface area contributed by atoms with Crippen LogP contribution in [-0.2, 0) is 9.53 Å². The standard InChI is InChI=1S/C15H28F2O2S/c1-5-6-9-19-14(18)13(11-12(2)3)20-10-7-8-15(4,16)17/h12-13H,5-11H2,1-4H3. The summed E-state index contributed by atoms with van der Waals surface area (Å²) in [4.78, 5) is 12.0. The molecule has 0 amide bonds. The van der Waals surface area contributed by atoms with E-state index < -0.39 is 5.92 Å². The van der Waals surface area contributed by atoms with Crippen molar-refractivity contribution in [1.29, 1.82) is 0 Å². The second-order valence-corrected chi connectivity index (χ2v) is 6.99. The highest BCUT2D eigenvalue weighted by Gasteiger charge is 2.23. The maximum atomic E-state index is 12.7. The molecule has 1 atom stereocenters. The molecular formula is C15H28F2O2S. The minimum absolute atomic E-state index is 0.126. The van der Waals surface area contributed by atoms with E-state index in [0.29, 0.717) is 24.7 Å². The lowest BCUT2D eigenvalue weighted by Gasteiger charge is -2.18. The molecule has 0 aliphatic heterocycles. The molecule has 0 aliphatic rings. The Morgan fingerprint density at radius 2 is 1.95 bits per heavy atom. The van der Waals surface area contributed by atoms with Crippen LogP contribution in [0.25, 0.3) is 0 Å². The van der Waals surface area contributed by atoms with Gasteiger partial charge in [-0.1, -0.05) is 27.2 Å². The van der Waals surface area contributed by atoms with Crippen LogP contribution in [0.1, 0.15) is 59.8 Å². The zero-order valence-electron chi connectivity index (χ0n) is 13.1. The van der Waals surface area contributed by atoms with Gasteiger partial charge in [0.1, 0.15) is 5.25 Å². The highest BCUT2D eigenvalue weighted by Crippen LogP contribution is 2.25. The first-order valence-electron chi connectivity index (χ1n) is 7.42. The van der Waals surface area contributed by atoms with Crippen molar-refractivity contribution < 1.29 is 18.3 Å². The van der Waals surface area contributed by atoms with Gasteiger partial charge < -0.3 is 4.74 Å². The van der Waals surface area contributed by atoms with Crippen LogP contribution in [0.4, 0.5) is 8.78 Å². The minimum Gasteiger partial charge on any atom is -0.465 e. The van der Waals surface area contributed by atoms with Gasteiger partial charge >= 0.3 is 5.97 Å². The summed E-state index contributed by atoms with van der Waals surface area (Å²) in [6.45, 7) is 7.53. The van der Waals surface area contributed by atoms with Gasteiger partial charge in [0.25, 0.3) is 0 Å². The van der Waals surface area contributed by atoms with Crippen molar-refractivity contribution in [2.24, 2.45) is 5.92 Å². The summed E-state index contributed by atoms with van der Waals surface area (Å²) in [6, 6.07) is 0. The highest BCUT2D eigenvalue weighted by atomic mass is 32.2. The highest BCUT2D eigenvalue weighted by molar-refractivity contribution is 8.00. The number of thioether (sulfide) groups is 1. The van der Waals surface area contributed by atoms with Crippen LogP contribution in [-0.4, -0.2) is 29.5 Å². The lowest BCUT2D eigenvalue weighted by atomic mass is 10.1. The summed E-state index contributed by atoms with van der Waals surface area (Å²) in [5, 5.41) is -0.225. The maximum absolute atomic E-state index is 12.7. The van der Waals surface area contributed by atoms with Gasteiger partial charge in [-0.05, 0) is 37.9 Å². The Bertz CT molecular complexity index is 265. The number of hydrogen-bond acceptors (Lipinski definition) is 3. The van der Waals surface area contributed by atoms with E-state index in [1.807, 2.05) is 20.8 Å². The predicted octanol–water partition coefficient (Wildman–Crippen LogP) is 4.91. The molecule has 0 saturated carbocycles. The fraction of sp³-hybridized carbons (Fsp3) is 0.933. The first-order chi connectivity index (χ1) is 9.26. The molecule has 0 bridgehead atoms. The van der Waals surface area contributed by atoms with Gasteiger partial charge in [0.2, 0.25) is 5.92 Å². The summed E-state index contributed by atoms with van der Waals surface area (Å²) < 4.78 is 30.7. The molecule has 120 valence electrons. The SMILES string of the molecule is CCCCOC(=O)C(CC(C)C)SCCCC(C)(F)F. The number of carbonyl (C=O) groups is 1. The van der Waals surface area contributed by atoms with Gasteiger partial charge in [-0.15, -0.1) is 11.8 Å². The van der Waals surface area contributed by atoms with Crippen LogP contribution < -0.4 is 0 Å². The van der Waals surface area contributed by atoms with E-state index in [9.17, 15) is 13.6 Å². The van der Waals surface area contributed by atoms with Crippen molar-refractivity contribution in [3.63, 3.8) is 0 Å². The summed E-state index contributed by atoms with van der Waals surface area (Å²) in [5.41, 5.74) is 0. The van der Waals surface area contributed by atoms with Gasteiger partial charge in [-0.25, -0.2) is 8.78 Å². The monoisotopic (exact) mass is 310 g/mol. The molecule has 20 heavy (non-hydrogen) atoms. The topological polar surface area (TPSA) is 26.3 Å². The van der Waals surface area contributed by atoms with E-state index >= 15 is 0 Å². The van der Waals surface area contributed by atoms with Gasteiger partial charge in [-0.3, -0.25) is 4.79 Å². The zero-order chi connectivity index (χ0) is 15.6. The first-order valence-corrected chi connectivity index (χ1v) is 8.47. The van der Waals surface area contributed by atoms with Gasteiger partial charge in [0.05, 0.1) is 6.61 Å². The molecule has 0 aromatic carbocycles. The molecule has 0 heterocycles. The summed E-state index contributed by atoms with van der Waals surface area (Å²) >= 11 is 1.45. The molecule has 2 nitrogen and oxygen atoms in total. The van der Waals surface area contributed by atoms with E-state index in [1.54, 1.807) is 0 Å². The number of halogens is 2. The van der Waals surface area contributed by atoms with E-state index in [0.717, 1.165) is 26.2 Å². The Morgan fingerprint density at radius 3 is 2.45 bits per heavy atom. The van der Waals surface area contributed by atoms with E-state index in [4.69, 9.17) is 4.74 Å². The third-order valence-electron chi connectivity index (χ3n) is 2.77. The van der Waals surface area contributed by atoms with Gasteiger partial charge in [0, 0.05) is 6.42 Å². The van der Waals surface area contributed by atoms with E-state index in [1.165, 1.54) is 11.8 Å². The fourth-order valence-corrected chi connectivity index (χ4v) is 3.00. The van der Waals surface area contributed by atoms with Crippen LogP contribution in [0.5, 0.6) is 0 Å². The fourth-order valence-electron chi connectivity index (χ4n) is 1.68. The molecule has 0 rings (SSSR count). The summed E-state index contributed by atoms with van der Waals surface area (Å²) in [7, 11) is 0. The summed E-state index contributed by atoms with van der Waals surface area (Å²) in [5.74, 6) is -1.85. The van der Waals surface area contributed by atoms with Crippen molar-refractivity contribution in [1.82, 2.24) is 0 Å². The van der Waals surface area contributed by atoms with E-state index in [-0.39, 0.29) is 17.6 Å². The average molecular weight is 310 g/mol. The number of esters is 1. The molecule has 1 unspecified atom stereocenters. The number of alkyl halides is 2. The first kappa shape index (κ1) is 19.7. The Balaban J connectivity index is 4.10. The molecule has 5 heteroatoms. The normalized spacial score (nSPS) is 13.6. The van der Waals surface area contributed by atoms with E-state index in [2.05, 4.69) is 0 Å². The van der Waals surface area contributed by atoms with Crippen molar-refractivity contribution in [2.75, 3.05) is 12.4 Å². The number of carbonyl (C=O) groups excluding carboxylic acids is 1. The van der Waals surface area contributed by atoms with Gasteiger partial charge in [-0.2, -0.15) is 0 Å². The third kappa shape index (κ3) is 11.5. The number of unbranched alkanes of at least 4 members (excludes halogenated alkanes) is 1. The number of hydrogen-bond donors (Lipinski definition) is 0. The molecule has 0 aromatic heterocycles. The molecule has 0 aliphatic carbocycles. The van der Waals surface area contributed by atoms with Crippen molar-refractivity contribution in [2.45, 2.75) is 71.0 Å². The smallest absolute Gasteiger partial charge is 0.319 e. The largest absolute Gasteiger partial charge is 0.465 e. The zero-order valence-corrected chi connectivity index (χ0v) is 13.9. The predicted molar refractivity (Wildman–Crippen MR) is 81.4 cm³/mol. The van der Waals surface area contributed by atoms with Crippen LogP contribution in [0.15, 0.2) is 0 Å². The lowest BCUT2D eigenvalue weighted by molar-refractivity contribution is -0.143. The Labute approximate surface area is 126 Å². The second kappa shape index (κ2) is 10.4. The minimum atomic E-state index is -2.62. The Morgan fingerprint density at radius 1 is 1.30 bits per heavy atom. The molecule has 0 radical (unpaired) electrons. The van der Waals surface area contributed by atoms with Crippen LogP contribution in [0.3, 0.4) is 0 Å². The number of ether oxygens (including phenoxy) is 1. The lowest BCUT2D eigenvalue weighted by Crippen LogP contribution is -2.23. The summed E-state index contributed by atoms with van der Waals surface area (Å²) in [6.07, 6.45) is 2.89. The van der Waals surface area contributed by atoms with Crippen LogP contribution in [0.2, 0.25) is 0 Å². The maximum Gasteiger partial charge on any atom is 0.319 e. The number of rotatable bonds is 11. The Hall–Kier alpha value is -0.320. The molecule has 0 saturated heterocycles. The average Bonchev–Trinajstić information content (AvgIpc) is 2.31. The molecule has 0 spiro atoms. The molecule has 0 fully saturated rings. The van der Waals surface area contributed by atoms with Gasteiger partial charge in [0.15, 0.2) is 0 Å².